The summed E-state index contributed by atoms with van der Waals surface area (Å²) < 4.78 is 0. The van der Waals surface area contributed by atoms with Crippen LogP contribution in [0.5, 0.6) is 0 Å². The predicted octanol–water partition coefficient (Wildman–Crippen LogP) is 1.02. The fourth-order valence-corrected chi connectivity index (χ4v) is 0.970. The minimum absolute atomic E-state index is 0.570. The topological polar surface area (TPSA) is 63.8 Å². The standard InChI is InChI=1S/C10H16N4/c1-8-9(2)14-10(7-13-8)12-6-4-3-5-11/h3-4,7H,5-6,11H2,1-2H3,(H,12,14)/b4-3+. The highest BCUT2D eigenvalue weighted by Crippen LogP contribution is 2.04. The van der Waals surface area contributed by atoms with Crippen molar-refractivity contribution in [3.63, 3.8) is 0 Å². The van der Waals surface area contributed by atoms with E-state index in [1.165, 1.54) is 0 Å². The van der Waals surface area contributed by atoms with E-state index in [0.29, 0.717) is 6.54 Å². The highest BCUT2D eigenvalue weighted by molar-refractivity contribution is 5.33. The number of nitrogens with one attached hydrogen (secondary N) is 1. The van der Waals surface area contributed by atoms with E-state index in [1.807, 2.05) is 26.0 Å². The van der Waals surface area contributed by atoms with Crippen LogP contribution >= 0.6 is 0 Å². The molecular weight excluding hydrogens is 176 g/mol. The molecule has 1 aromatic rings. The molecule has 1 heterocycles. The molecule has 0 saturated heterocycles. The second-order valence-electron chi connectivity index (χ2n) is 3.01. The van der Waals surface area contributed by atoms with Crippen molar-refractivity contribution in [2.24, 2.45) is 5.73 Å². The Labute approximate surface area is 84.3 Å². The molecule has 0 radical (unpaired) electrons. The van der Waals surface area contributed by atoms with Gasteiger partial charge in [-0.2, -0.15) is 0 Å². The first-order chi connectivity index (χ1) is 6.74. The molecule has 0 aromatic carbocycles. The summed E-state index contributed by atoms with van der Waals surface area (Å²) in [6.07, 6.45) is 5.61. The minimum atomic E-state index is 0.570. The number of nitrogens with zero attached hydrogens (tertiary/aromatic N) is 2. The van der Waals surface area contributed by atoms with E-state index >= 15 is 0 Å². The van der Waals surface area contributed by atoms with E-state index in [0.717, 1.165) is 23.8 Å². The van der Waals surface area contributed by atoms with Crippen molar-refractivity contribution in [2.45, 2.75) is 13.8 Å². The summed E-state index contributed by atoms with van der Waals surface area (Å²) in [5.41, 5.74) is 7.23. The van der Waals surface area contributed by atoms with Crippen molar-refractivity contribution in [3.8, 4) is 0 Å². The second kappa shape index (κ2) is 5.34. The molecule has 0 aliphatic rings. The van der Waals surface area contributed by atoms with E-state index in [9.17, 15) is 0 Å². The number of hydrogen-bond donors (Lipinski definition) is 2. The van der Waals surface area contributed by atoms with Crippen LogP contribution in [0.4, 0.5) is 5.82 Å². The fraction of sp³-hybridized carbons (Fsp3) is 0.400. The largest absolute Gasteiger partial charge is 0.365 e. The molecule has 0 aliphatic heterocycles. The first-order valence-corrected chi connectivity index (χ1v) is 4.63. The summed E-state index contributed by atoms with van der Waals surface area (Å²) in [6, 6.07) is 0. The normalized spacial score (nSPS) is 10.8. The Balaban J connectivity index is 2.51. The minimum Gasteiger partial charge on any atom is -0.365 e. The lowest BCUT2D eigenvalue weighted by Crippen LogP contribution is -2.04. The Kier molecular flexibility index (Phi) is 4.07. The first-order valence-electron chi connectivity index (χ1n) is 4.63. The molecule has 0 unspecified atom stereocenters. The van der Waals surface area contributed by atoms with Crippen LogP contribution in [0.1, 0.15) is 11.4 Å². The van der Waals surface area contributed by atoms with Crippen LogP contribution in [0.15, 0.2) is 18.3 Å². The third-order valence-corrected chi connectivity index (χ3v) is 1.90. The number of aromatic nitrogens is 2. The van der Waals surface area contributed by atoms with Gasteiger partial charge in [-0.25, -0.2) is 4.98 Å². The molecule has 0 bridgehead atoms. The lowest BCUT2D eigenvalue weighted by Gasteiger charge is -2.04. The van der Waals surface area contributed by atoms with E-state index in [2.05, 4.69) is 15.3 Å². The zero-order valence-corrected chi connectivity index (χ0v) is 8.62. The van der Waals surface area contributed by atoms with Gasteiger partial charge in [-0.15, -0.1) is 0 Å². The Morgan fingerprint density at radius 3 is 2.79 bits per heavy atom. The zero-order chi connectivity index (χ0) is 10.4. The van der Waals surface area contributed by atoms with Gasteiger partial charge in [0.25, 0.3) is 0 Å². The summed E-state index contributed by atoms with van der Waals surface area (Å²) in [5, 5.41) is 3.13. The molecule has 0 atom stereocenters. The monoisotopic (exact) mass is 192 g/mol. The van der Waals surface area contributed by atoms with Crippen molar-refractivity contribution in [2.75, 3.05) is 18.4 Å². The molecule has 0 fully saturated rings. The number of anilines is 1. The maximum atomic E-state index is 5.31. The molecule has 4 heteroatoms. The Bertz CT molecular complexity index is 320. The quantitative estimate of drug-likeness (QED) is 0.699. The van der Waals surface area contributed by atoms with Gasteiger partial charge in [0.15, 0.2) is 0 Å². The van der Waals surface area contributed by atoms with Crippen LogP contribution in [0.2, 0.25) is 0 Å². The van der Waals surface area contributed by atoms with Gasteiger partial charge in [-0.05, 0) is 13.8 Å². The van der Waals surface area contributed by atoms with Crippen LogP contribution in [0.3, 0.4) is 0 Å². The molecule has 1 rings (SSSR count). The van der Waals surface area contributed by atoms with Gasteiger partial charge in [0.05, 0.1) is 17.6 Å². The molecule has 1 aromatic heterocycles. The molecule has 14 heavy (non-hydrogen) atoms. The Morgan fingerprint density at radius 2 is 2.14 bits per heavy atom. The third kappa shape index (κ3) is 3.14. The summed E-state index contributed by atoms with van der Waals surface area (Å²) in [4.78, 5) is 8.54. The smallest absolute Gasteiger partial charge is 0.145 e. The fourth-order valence-electron chi connectivity index (χ4n) is 0.970. The van der Waals surface area contributed by atoms with Crippen molar-refractivity contribution in [3.05, 3.63) is 29.7 Å². The molecule has 0 saturated carbocycles. The summed E-state index contributed by atoms with van der Waals surface area (Å²) in [5.74, 6) is 0.801. The van der Waals surface area contributed by atoms with Crippen molar-refractivity contribution < 1.29 is 0 Å². The van der Waals surface area contributed by atoms with Gasteiger partial charge < -0.3 is 11.1 Å². The average Bonchev–Trinajstić information content (AvgIpc) is 2.18. The maximum absolute atomic E-state index is 5.31. The molecule has 0 spiro atoms. The van der Waals surface area contributed by atoms with Gasteiger partial charge in [0.1, 0.15) is 5.82 Å². The van der Waals surface area contributed by atoms with E-state index in [1.54, 1.807) is 6.20 Å². The van der Waals surface area contributed by atoms with Gasteiger partial charge in [0, 0.05) is 13.1 Å². The van der Waals surface area contributed by atoms with Crippen molar-refractivity contribution in [1.82, 2.24) is 9.97 Å². The van der Waals surface area contributed by atoms with Gasteiger partial charge in [0.2, 0.25) is 0 Å². The highest BCUT2D eigenvalue weighted by Gasteiger charge is 1.96. The van der Waals surface area contributed by atoms with Crippen LogP contribution < -0.4 is 11.1 Å². The SMILES string of the molecule is Cc1ncc(NC/C=C/CN)nc1C. The third-order valence-electron chi connectivity index (χ3n) is 1.90. The summed E-state index contributed by atoms with van der Waals surface area (Å²) in [6.45, 7) is 5.19. The van der Waals surface area contributed by atoms with E-state index in [-0.39, 0.29) is 0 Å². The van der Waals surface area contributed by atoms with Gasteiger partial charge >= 0.3 is 0 Å². The maximum Gasteiger partial charge on any atom is 0.145 e. The predicted molar refractivity (Wildman–Crippen MR) is 58.2 cm³/mol. The molecule has 76 valence electrons. The van der Waals surface area contributed by atoms with Crippen LogP contribution in [-0.2, 0) is 0 Å². The second-order valence-corrected chi connectivity index (χ2v) is 3.01. The molecular formula is C10H16N4. The van der Waals surface area contributed by atoms with Crippen molar-refractivity contribution in [1.29, 1.82) is 0 Å². The van der Waals surface area contributed by atoms with Crippen LogP contribution in [0, 0.1) is 13.8 Å². The van der Waals surface area contributed by atoms with E-state index < -0.39 is 0 Å². The number of rotatable bonds is 4. The summed E-state index contributed by atoms with van der Waals surface area (Å²) >= 11 is 0. The number of aryl methyl sites for hydroxylation is 2. The van der Waals surface area contributed by atoms with Gasteiger partial charge in [-0.3, -0.25) is 4.98 Å². The van der Waals surface area contributed by atoms with E-state index in [4.69, 9.17) is 5.73 Å². The summed E-state index contributed by atoms with van der Waals surface area (Å²) in [7, 11) is 0. The average molecular weight is 192 g/mol. The number of hydrogen-bond acceptors (Lipinski definition) is 4. The molecule has 0 amide bonds. The first kappa shape index (κ1) is 10.7. The lowest BCUT2D eigenvalue weighted by atomic mass is 10.3. The Morgan fingerprint density at radius 1 is 1.36 bits per heavy atom. The zero-order valence-electron chi connectivity index (χ0n) is 8.62. The van der Waals surface area contributed by atoms with Gasteiger partial charge in [-0.1, -0.05) is 12.2 Å². The lowest BCUT2D eigenvalue weighted by molar-refractivity contribution is 1.04. The molecule has 4 nitrogen and oxygen atoms in total. The Hall–Kier alpha value is -1.42. The molecule has 3 N–H and O–H groups in total. The number of nitrogens with two attached hydrogens (primary N) is 1. The van der Waals surface area contributed by atoms with Crippen LogP contribution in [-0.4, -0.2) is 23.1 Å². The molecule has 0 aliphatic carbocycles. The van der Waals surface area contributed by atoms with Crippen LogP contribution in [0.25, 0.3) is 0 Å². The highest BCUT2D eigenvalue weighted by atomic mass is 15.0. The van der Waals surface area contributed by atoms with Crippen molar-refractivity contribution >= 4 is 5.82 Å².